The number of hydrazine groups is 1. The van der Waals surface area contributed by atoms with Gasteiger partial charge in [0.2, 0.25) is 0 Å². The SMILES string of the molecule is CC1(NC(=O)c2cccc(NN)n2)CCOC1. The molecule has 6 nitrogen and oxygen atoms in total. The molecule has 2 rings (SSSR count). The number of nitrogen functional groups attached to an aromatic ring is 1. The van der Waals surface area contributed by atoms with Gasteiger partial charge in [0.15, 0.2) is 0 Å². The van der Waals surface area contributed by atoms with Gasteiger partial charge in [-0.15, -0.1) is 0 Å². The average molecular weight is 236 g/mol. The Hall–Kier alpha value is -1.66. The molecule has 1 saturated heterocycles. The third kappa shape index (κ3) is 2.72. The molecule has 17 heavy (non-hydrogen) atoms. The van der Waals surface area contributed by atoms with Gasteiger partial charge in [0.05, 0.1) is 12.1 Å². The van der Waals surface area contributed by atoms with Crippen molar-refractivity contribution in [3.8, 4) is 0 Å². The van der Waals surface area contributed by atoms with Crippen molar-refractivity contribution in [2.75, 3.05) is 18.6 Å². The summed E-state index contributed by atoms with van der Waals surface area (Å²) in [6, 6.07) is 5.07. The van der Waals surface area contributed by atoms with Crippen molar-refractivity contribution in [3.05, 3.63) is 23.9 Å². The first-order chi connectivity index (χ1) is 8.13. The first-order valence-corrected chi connectivity index (χ1v) is 5.47. The number of carbonyl (C=O) groups is 1. The maximum atomic E-state index is 12.0. The monoisotopic (exact) mass is 236 g/mol. The number of ether oxygens (including phenoxy) is 1. The molecule has 92 valence electrons. The van der Waals surface area contributed by atoms with E-state index in [0.717, 1.165) is 6.42 Å². The quantitative estimate of drug-likeness (QED) is 0.518. The number of pyridine rings is 1. The number of hydrogen-bond donors (Lipinski definition) is 3. The lowest BCUT2D eigenvalue weighted by Crippen LogP contribution is -2.46. The highest BCUT2D eigenvalue weighted by Gasteiger charge is 2.31. The lowest BCUT2D eigenvalue weighted by atomic mass is 10.0. The zero-order chi connectivity index (χ0) is 12.3. The van der Waals surface area contributed by atoms with Crippen LogP contribution in [0, 0.1) is 0 Å². The molecule has 2 heterocycles. The van der Waals surface area contributed by atoms with Gasteiger partial charge in [-0.3, -0.25) is 4.79 Å². The highest BCUT2D eigenvalue weighted by molar-refractivity contribution is 5.93. The highest BCUT2D eigenvalue weighted by Crippen LogP contribution is 2.18. The van der Waals surface area contributed by atoms with Gasteiger partial charge in [-0.25, -0.2) is 10.8 Å². The molecule has 4 N–H and O–H groups in total. The minimum absolute atomic E-state index is 0.213. The molecule has 0 spiro atoms. The number of amides is 1. The molecule has 1 aliphatic rings. The maximum absolute atomic E-state index is 12.0. The zero-order valence-electron chi connectivity index (χ0n) is 9.69. The molecule has 6 heteroatoms. The molecule has 1 unspecified atom stereocenters. The summed E-state index contributed by atoms with van der Waals surface area (Å²) in [7, 11) is 0. The number of nitrogens with one attached hydrogen (secondary N) is 2. The molecule has 1 atom stereocenters. The molecule has 1 aromatic rings. The summed E-state index contributed by atoms with van der Waals surface area (Å²) in [4.78, 5) is 16.1. The average Bonchev–Trinajstić information content (AvgIpc) is 2.76. The van der Waals surface area contributed by atoms with Crippen molar-refractivity contribution in [1.29, 1.82) is 0 Å². The normalized spacial score (nSPS) is 23.4. The topological polar surface area (TPSA) is 89.3 Å². The van der Waals surface area contributed by atoms with E-state index in [2.05, 4.69) is 15.7 Å². The Labute approximate surface area is 99.5 Å². The van der Waals surface area contributed by atoms with E-state index in [9.17, 15) is 4.79 Å². The first kappa shape index (κ1) is 11.8. The van der Waals surface area contributed by atoms with Crippen LogP contribution < -0.4 is 16.6 Å². The second kappa shape index (κ2) is 4.68. The number of anilines is 1. The smallest absolute Gasteiger partial charge is 0.270 e. The summed E-state index contributed by atoms with van der Waals surface area (Å²) in [6.45, 7) is 3.17. The Morgan fingerprint density at radius 3 is 3.06 bits per heavy atom. The van der Waals surface area contributed by atoms with Crippen LogP contribution in [0.3, 0.4) is 0 Å². The van der Waals surface area contributed by atoms with E-state index in [0.29, 0.717) is 24.7 Å². The van der Waals surface area contributed by atoms with Crippen molar-refractivity contribution in [1.82, 2.24) is 10.3 Å². The fourth-order valence-electron chi connectivity index (χ4n) is 1.75. The highest BCUT2D eigenvalue weighted by atomic mass is 16.5. The summed E-state index contributed by atoms with van der Waals surface area (Å²) >= 11 is 0. The molecule has 0 saturated carbocycles. The Morgan fingerprint density at radius 2 is 2.41 bits per heavy atom. The lowest BCUT2D eigenvalue weighted by Gasteiger charge is -2.23. The van der Waals surface area contributed by atoms with Crippen LogP contribution in [0.4, 0.5) is 5.82 Å². The molecule has 0 aromatic carbocycles. The molecule has 1 fully saturated rings. The van der Waals surface area contributed by atoms with E-state index in [1.165, 1.54) is 0 Å². The van der Waals surface area contributed by atoms with E-state index < -0.39 is 0 Å². The molecular formula is C11H16N4O2. The molecular weight excluding hydrogens is 220 g/mol. The Bertz CT molecular complexity index is 416. The molecule has 0 radical (unpaired) electrons. The number of aromatic nitrogens is 1. The van der Waals surface area contributed by atoms with Gasteiger partial charge in [0.1, 0.15) is 11.5 Å². The maximum Gasteiger partial charge on any atom is 0.270 e. The van der Waals surface area contributed by atoms with E-state index in [-0.39, 0.29) is 11.4 Å². The van der Waals surface area contributed by atoms with Crippen LogP contribution in [0.2, 0.25) is 0 Å². The number of nitrogens with two attached hydrogens (primary N) is 1. The van der Waals surface area contributed by atoms with Gasteiger partial charge in [-0.2, -0.15) is 0 Å². The van der Waals surface area contributed by atoms with E-state index in [1.54, 1.807) is 18.2 Å². The number of rotatable bonds is 3. The van der Waals surface area contributed by atoms with Crippen LogP contribution >= 0.6 is 0 Å². The fraction of sp³-hybridized carbons (Fsp3) is 0.455. The summed E-state index contributed by atoms with van der Waals surface area (Å²) in [6.07, 6.45) is 0.813. The standard InChI is InChI=1S/C11H16N4O2/c1-11(5-6-17-7-11)14-10(16)8-3-2-4-9(13-8)15-12/h2-4H,5-7,12H2,1H3,(H,13,15)(H,14,16). The summed E-state index contributed by atoms with van der Waals surface area (Å²) < 4.78 is 5.27. The predicted octanol–water partition coefficient (Wildman–Crippen LogP) is 0.276. The molecule has 1 amide bonds. The van der Waals surface area contributed by atoms with Gasteiger partial charge in [0, 0.05) is 6.61 Å². The van der Waals surface area contributed by atoms with E-state index >= 15 is 0 Å². The van der Waals surface area contributed by atoms with Gasteiger partial charge in [0.25, 0.3) is 5.91 Å². The van der Waals surface area contributed by atoms with Crippen molar-refractivity contribution >= 4 is 11.7 Å². The van der Waals surface area contributed by atoms with Crippen LogP contribution in [-0.2, 0) is 4.74 Å². The Kier molecular flexibility index (Phi) is 3.26. The number of hydrogen-bond acceptors (Lipinski definition) is 5. The van der Waals surface area contributed by atoms with Crippen LogP contribution in [-0.4, -0.2) is 29.6 Å². The van der Waals surface area contributed by atoms with Crippen LogP contribution in [0.1, 0.15) is 23.8 Å². The van der Waals surface area contributed by atoms with Crippen LogP contribution in [0.15, 0.2) is 18.2 Å². The van der Waals surface area contributed by atoms with Crippen molar-refractivity contribution in [3.63, 3.8) is 0 Å². The van der Waals surface area contributed by atoms with Gasteiger partial charge < -0.3 is 15.5 Å². The summed E-state index contributed by atoms with van der Waals surface area (Å²) in [5.74, 6) is 5.49. The minimum Gasteiger partial charge on any atom is -0.379 e. The second-order valence-corrected chi connectivity index (χ2v) is 4.37. The Morgan fingerprint density at radius 1 is 1.59 bits per heavy atom. The molecule has 0 bridgehead atoms. The minimum atomic E-state index is -0.301. The Balaban J connectivity index is 2.08. The van der Waals surface area contributed by atoms with Crippen molar-refractivity contribution in [2.24, 2.45) is 5.84 Å². The number of nitrogens with zero attached hydrogens (tertiary/aromatic N) is 1. The first-order valence-electron chi connectivity index (χ1n) is 5.47. The third-order valence-electron chi connectivity index (χ3n) is 2.76. The van der Waals surface area contributed by atoms with E-state index in [4.69, 9.17) is 10.6 Å². The van der Waals surface area contributed by atoms with Crippen molar-refractivity contribution in [2.45, 2.75) is 18.9 Å². The fourth-order valence-corrected chi connectivity index (χ4v) is 1.75. The lowest BCUT2D eigenvalue weighted by molar-refractivity contribution is 0.0885. The van der Waals surface area contributed by atoms with Gasteiger partial charge in [-0.1, -0.05) is 6.07 Å². The third-order valence-corrected chi connectivity index (χ3v) is 2.76. The molecule has 1 aliphatic heterocycles. The molecule has 1 aromatic heterocycles. The largest absolute Gasteiger partial charge is 0.379 e. The van der Waals surface area contributed by atoms with Crippen molar-refractivity contribution < 1.29 is 9.53 Å². The predicted molar refractivity (Wildman–Crippen MR) is 63.4 cm³/mol. The zero-order valence-corrected chi connectivity index (χ0v) is 9.69. The second-order valence-electron chi connectivity index (χ2n) is 4.37. The molecule has 0 aliphatic carbocycles. The van der Waals surface area contributed by atoms with E-state index in [1.807, 2.05) is 6.92 Å². The van der Waals surface area contributed by atoms with Gasteiger partial charge >= 0.3 is 0 Å². The van der Waals surface area contributed by atoms with Crippen LogP contribution in [0.25, 0.3) is 0 Å². The summed E-state index contributed by atoms with van der Waals surface area (Å²) in [5, 5.41) is 2.93. The summed E-state index contributed by atoms with van der Waals surface area (Å²) in [5.41, 5.74) is 2.45. The van der Waals surface area contributed by atoms with Crippen LogP contribution in [0.5, 0.6) is 0 Å². The van der Waals surface area contributed by atoms with Gasteiger partial charge in [-0.05, 0) is 25.5 Å². The number of carbonyl (C=O) groups excluding carboxylic acids is 1.